The lowest BCUT2D eigenvalue weighted by Crippen LogP contribution is -2.30. The zero-order chi connectivity index (χ0) is 21.1. The Hall–Kier alpha value is -3.45. The minimum atomic E-state index is -0.250. The van der Waals surface area contributed by atoms with E-state index >= 15 is 0 Å². The number of carbonyl (C=O) groups excluding carboxylic acids is 2. The Labute approximate surface area is 174 Å². The largest absolute Gasteiger partial charge is 0.396 e. The molecule has 4 rings (SSSR count). The number of benzene rings is 1. The van der Waals surface area contributed by atoms with E-state index < -0.39 is 0 Å². The van der Waals surface area contributed by atoms with E-state index in [1.165, 1.54) is 6.08 Å². The number of pyridine rings is 1. The van der Waals surface area contributed by atoms with E-state index in [1.807, 2.05) is 36.5 Å². The molecule has 7 nitrogen and oxygen atoms in total. The molecule has 7 heteroatoms. The van der Waals surface area contributed by atoms with E-state index in [0.717, 1.165) is 27.6 Å². The van der Waals surface area contributed by atoms with Gasteiger partial charge in [-0.15, -0.1) is 0 Å². The van der Waals surface area contributed by atoms with Crippen LogP contribution in [0.1, 0.15) is 35.6 Å². The van der Waals surface area contributed by atoms with Crippen molar-refractivity contribution in [3.8, 4) is 0 Å². The van der Waals surface area contributed by atoms with Crippen LogP contribution in [0.5, 0.6) is 0 Å². The molecule has 2 aromatic heterocycles. The summed E-state index contributed by atoms with van der Waals surface area (Å²) < 4.78 is 0. The molecular formula is C23H24N4O3. The molecule has 0 spiro atoms. The van der Waals surface area contributed by atoms with Crippen LogP contribution in [0.4, 0.5) is 5.82 Å². The van der Waals surface area contributed by atoms with Crippen molar-refractivity contribution in [2.75, 3.05) is 19.0 Å². The highest BCUT2D eigenvalue weighted by atomic mass is 16.3. The van der Waals surface area contributed by atoms with E-state index in [2.05, 4.69) is 15.3 Å². The van der Waals surface area contributed by atoms with Gasteiger partial charge in [0.1, 0.15) is 5.82 Å². The maximum absolute atomic E-state index is 12.9. The van der Waals surface area contributed by atoms with Gasteiger partial charge in [0.25, 0.3) is 0 Å². The maximum Gasteiger partial charge on any atom is 0.246 e. The predicted octanol–water partition coefficient (Wildman–Crippen LogP) is 3.04. The number of aliphatic hydroxyl groups is 1. The first-order valence-electron chi connectivity index (χ1n) is 9.97. The molecule has 1 aliphatic rings. The van der Waals surface area contributed by atoms with Crippen LogP contribution in [0.15, 0.2) is 48.8 Å². The molecule has 3 heterocycles. The number of amides is 2. The minimum Gasteiger partial charge on any atom is -0.396 e. The molecule has 3 aromatic rings. The number of rotatable bonds is 6. The second-order valence-electron chi connectivity index (χ2n) is 7.42. The number of anilines is 1. The monoisotopic (exact) mass is 404 g/mol. The van der Waals surface area contributed by atoms with E-state index in [0.29, 0.717) is 25.1 Å². The molecule has 1 aromatic carbocycles. The molecule has 0 radical (unpaired) electrons. The van der Waals surface area contributed by atoms with Gasteiger partial charge in [0.05, 0.1) is 6.04 Å². The zero-order valence-corrected chi connectivity index (χ0v) is 16.8. The molecule has 1 atom stereocenters. The Morgan fingerprint density at radius 1 is 1.33 bits per heavy atom. The average molecular weight is 404 g/mol. The summed E-state index contributed by atoms with van der Waals surface area (Å²) in [6, 6.07) is 9.61. The summed E-state index contributed by atoms with van der Waals surface area (Å²) in [5.74, 6) is 0.404. The van der Waals surface area contributed by atoms with E-state index in [4.69, 9.17) is 0 Å². The van der Waals surface area contributed by atoms with Crippen molar-refractivity contribution in [3.05, 3.63) is 65.5 Å². The van der Waals surface area contributed by atoms with Gasteiger partial charge in [-0.25, -0.2) is 4.98 Å². The molecule has 154 valence electrons. The van der Waals surface area contributed by atoms with Crippen LogP contribution in [0, 0.1) is 0 Å². The lowest BCUT2D eigenvalue weighted by Gasteiger charge is -2.27. The van der Waals surface area contributed by atoms with Gasteiger partial charge in [-0.05, 0) is 47.7 Å². The minimum absolute atomic E-state index is 0.0219. The number of carbonyl (C=O) groups is 2. The topological polar surface area (TPSA) is 98.3 Å². The molecule has 2 amide bonds. The first-order chi connectivity index (χ1) is 14.6. The number of nitrogens with one attached hydrogen (secondary N) is 2. The number of likely N-dealkylation sites (N-methyl/N-ethyl adjacent to an activating group) is 1. The molecule has 3 N–H and O–H groups in total. The van der Waals surface area contributed by atoms with Gasteiger partial charge in [-0.1, -0.05) is 18.2 Å². The Morgan fingerprint density at radius 2 is 2.17 bits per heavy atom. The molecule has 0 fully saturated rings. The number of hydrogen-bond acceptors (Lipinski definition) is 4. The Balaban J connectivity index is 1.53. The van der Waals surface area contributed by atoms with E-state index in [9.17, 15) is 14.7 Å². The predicted molar refractivity (Wildman–Crippen MR) is 116 cm³/mol. The van der Waals surface area contributed by atoms with Gasteiger partial charge >= 0.3 is 0 Å². The van der Waals surface area contributed by atoms with Crippen LogP contribution in [0.25, 0.3) is 17.0 Å². The van der Waals surface area contributed by atoms with Crippen molar-refractivity contribution < 1.29 is 14.7 Å². The maximum atomic E-state index is 12.9. The fourth-order valence-electron chi connectivity index (χ4n) is 3.85. The third-order valence-corrected chi connectivity index (χ3v) is 5.48. The standard InChI is InChI=1S/C23H24N4O3/c1-27(20(10-11-28)18-14-24-19-5-3-2-4-17(18)19)22(30)9-6-15-12-16-7-8-21(29)26-23(16)25-13-15/h2-6,9,12-14,20,24,28H,7-8,10-11H2,1H3,(H,25,26,29)/b9-6+. The number of aliphatic hydroxyl groups excluding tert-OH is 1. The van der Waals surface area contributed by atoms with Crippen LogP contribution < -0.4 is 5.32 Å². The van der Waals surface area contributed by atoms with Crippen LogP contribution in [0.2, 0.25) is 0 Å². The summed E-state index contributed by atoms with van der Waals surface area (Å²) in [6.07, 6.45) is 8.31. The smallest absolute Gasteiger partial charge is 0.246 e. The summed E-state index contributed by atoms with van der Waals surface area (Å²) in [5, 5.41) is 13.4. The highest BCUT2D eigenvalue weighted by Gasteiger charge is 2.23. The normalized spacial score (nSPS) is 14.5. The Morgan fingerprint density at radius 3 is 3.00 bits per heavy atom. The molecular weight excluding hydrogens is 380 g/mol. The van der Waals surface area contributed by atoms with Gasteiger partial charge in [-0.2, -0.15) is 0 Å². The fraction of sp³-hybridized carbons (Fsp3) is 0.261. The summed E-state index contributed by atoms with van der Waals surface area (Å²) in [4.78, 5) is 33.5. The number of aromatic nitrogens is 2. The third kappa shape index (κ3) is 3.97. The van der Waals surface area contributed by atoms with Gasteiger partial charge in [0, 0.05) is 49.4 Å². The second-order valence-corrected chi connectivity index (χ2v) is 7.42. The highest BCUT2D eigenvalue weighted by molar-refractivity contribution is 5.94. The molecule has 0 saturated heterocycles. The quantitative estimate of drug-likeness (QED) is 0.550. The zero-order valence-electron chi connectivity index (χ0n) is 16.8. The molecule has 0 saturated carbocycles. The lowest BCUT2D eigenvalue weighted by atomic mass is 10.0. The number of aryl methyl sites for hydroxylation is 1. The lowest BCUT2D eigenvalue weighted by molar-refractivity contribution is -0.127. The average Bonchev–Trinajstić information content (AvgIpc) is 3.19. The SMILES string of the molecule is CN(C(=O)/C=C/c1cnc2c(c1)CCC(=O)N2)C(CCO)c1c[nH]c2ccccc12. The Bertz CT molecular complexity index is 1120. The van der Waals surface area contributed by atoms with Crippen LogP contribution in [-0.4, -0.2) is 45.4 Å². The number of H-pyrrole nitrogens is 1. The van der Waals surface area contributed by atoms with Crippen molar-refractivity contribution >= 4 is 34.6 Å². The van der Waals surface area contributed by atoms with Crippen molar-refractivity contribution in [2.24, 2.45) is 0 Å². The number of para-hydroxylation sites is 1. The van der Waals surface area contributed by atoms with Crippen LogP contribution in [0.3, 0.4) is 0 Å². The molecule has 1 aliphatic heterocycles. The van der Waals surface area contributed by atoms with Gasteiger partial charge in [0.15, 0.2) is 0 Å². The fourth-order valence-corrected chi connectivity index (χ4v) is 3.85. The molecule has 0 aliphatic carbocycles. The van der Waals surface area contributed by atoms with Crippen molar-refractivity contribution in [1.29, 1.82) is 0 Å². The molecule has 1 unspecified atom stereocenters. The summed E-state index contributed by atoms with van der Waals surface area (Å²) in [7, 11) is 1.75. The molecule has 30 heavy (non-hydrogen) atoms. The number of aromatic amines is 1. The Kier molecular flexibility index (Phi) is 5.63. The van der Waals surface area contributed by atoms with Crippen molar-refractivity contribution in [1.82, 2.24) is 14.9 Å². The first-order valence-corrected chi connectivity index (χ1v) is 9.97. The number of fused-ring (bicyclic) bond motifs is 2. The van der Waals surface area contributed by atoms with Gasteiger partial charge in [0.2, 0.25) is 11.8 Å². The van der Waals surface area contributed by atoms with E-state index in [1.54, 1.807) is 24.2 Å². The highest BCUT2D eigenvalue weighted by Crippen LogP contribution is 2.30. The number of nitrogens with zero attached hydrogens (tertiary/aromatic N) is 2. The molecule has 0 bridgehead atoms. The summed E-state index contributed by atoms with van der Waals surface area (Å²) >= 11 is 0. The number of hydrogen-bond donors (Lipinski definition) is 3. The van der Waals surface area contributed by atoms with Gasteiger partial charge < -0.3 is 20.3 Å². The second kappa shape index (κ2) is 8.51. The van der Waals surface area contributed by atoms with Crippen LogP contribution >= 0.6 is 0 Å². The van der Waals surface area contributed by atoms with E-state index in [-0.39, 0.29) is 24.5 Å². The van der Waals surface area contributed by atoms with Crippen molar-refractivity contribution in [3.63, 3.8) is 0 Å². The van der Waals surface area contributed by atoms with Crippen LogP contribution in [-0.2, 0) is 16.0 Å². The summed E-state index contributed by atoms with van der Waals surface area (Å²) in [5.41, 5.74) is 3.75. The first kappa shape index (κ1) is 19.8. The van der Waals surface area contributed by atoms with Gasteiger partial charge in [-0.3, -0.25) is 9.59 Å². The van der Waals surface area contributed by atoms with Crippen molar-refractivity contribution in [2.45, 2.75) is 25.3 Å². The third-order valence-electron chi connectivity index (χ3n) is 5.48. The summed E-state index contributed by atoms with van der Waals surface area (Å²) in [6.45, 7) is -0.0219.